The zero-order valence-corrected chi connectivity index (χ0v) is 6.82. The van der Waals surface area contributed by atoms with Crippen molar-refractivity contribution in [1.82, 2.24) is 4.72 Å². The van der Waals surface area contributed by atoms with Crippen molar-refractivity contribution in [2.24, 2.45) is 0 Å². The smallest absolute Gasteiger partial charge is 0.313 e. The fourth-order valence-corrected chi connectivity index (χ4v) is 1.24. The van der Waals surface area contributed by atoms with Crippen LogP contribution in [0.1, 0.15) is 0 Å². The Bertz CT molecular complexity index is 304. The van der Waals surface area contributed by atoms with Gasteiger partial charge in [0.15, 0.2) is 0 Å². The summed E-state index contributed by atoms with van der Waals surface area (Å²) in [4.78, 5) is 2.92. The fourth-order valence-electron chi connectivity index (χ4n) is 0.831. The normalized spacial score (nSPS) is 23.8. The second kappa shape index (κ2) is 4.08. The van der Waals surface area contributed by atoms with Crippen LogP contribution in [0.4, 0.5) is 0 Å². The van der Waals surface area contributed by atoms with Gasteiger partial charge in [0.05, 0.1) is 0 Å². The maximum atomic E-state index is 10.2. The second-order valence-corrected chi connectivity index (χ2v) is 2.80. The minimum Gasteiger partial charge on any atom is -0.760 e. The molecule has 2 unspecified atom stereocenters. The molecule has 0 saturated heterocycles. The van der Waals surface area contributed by atoms with Crippen molar-refractivity contribution in [3.8, 4) is 0 Å². The molecule has 1 rings (SSSR count). The monoisotopic (exact) mass is 184 g/mol. The maximum absolute atomic E-state index is 10.2. The van der Waals surface area contributed by atoms with Crippen LogP contribution in [-0.4, -0.2) is 25.3 Å². The lowest BCUT2D eigenvalue weighted by Gasteiger charge is -2.12. The molecule has 0 amide bonds. The fraction of sp³-hybridized carbons (Fsp3) is 0.167. The Balaban J connectivity index is 2.76. The number of nitrogens with one attached hydrogen (secondary N) is 1. The average Bonchev–Trinajstić information content (AvgIpc) is 2.04. The Kier molecular flexibility index (Phi) is 3.07. The molecule has 1 aliphatic carbocycles. The van der Waals surface area contributed by atoms with E-state index in [1.807, 2.05) is 0 Å². The molecular weight excluding hydrogens is 178 g/mol. The van der Waals surface area contributed by atoms with Crippen LogP contribution in [0.15, 0.2) is 24.3 Å². The number of hydrogen-bond donors (Lipinski definition) is 1. The van der Waals surface area contributed by atoms with Gasteiger partial charge < -0.3 is 10.1 Å². The van der Waals surface area contributed by atoms with Gasteiger partial charge in [0, 0.05) is 17.3 Å². The summed E-state index contributed by atoms with van der Waals surface area (Å²) < 4.78 is 22.6. The molecule has 12 heavy (non-hydrogen) atoms. The summed E-state index contributed by atoms with van der Waals surface area (Å²) in [5.41, 5.74) is 8.70. The van der Waals surface area contributed by atoms with Gasteiger partial charge in [-0.15, -0.1) is 0 Å². The molecule has 0 bridgehead atoms. The molecule has 0 saturated carbocycles. The molecule has 64 valence electrons. The first kappa shape index (κ1) is 9.02. The van der Waals surface area contributed by atoms with Crippen LogP contribution in [0, 0.1) is 0 Å². The molecule has 0 aliphatic heterocycles. The third kappa shape index (κ3) is 2.21. The number of rotatable bonds is 2. The molecule has 0 aromatic carbocycles. The van der Waals surface area contributed by atoms with Crippen LogP contribution >= 0.6 is 0 Å². The van der Waals surface area contributed by atoms with Crippen molar-refractivity contribution in [1.29, 1.82) is 0 Å². The molecular formula is C6H6N3O2S-. The Hall–Kier alpha value is -1.07. The zero-order chi connectivity index (χ0) is 8.97. The van der Waals surface area contributed by atoms with Crippen molar-refractivity contribution in [2.45, 2.75) is 6.04 Å². The van der Waals surface area contributed by atoms with Gasteiger partial charge >= 0.3 is 5.71 Å². The lowest BCUT2D eigenvalue weighted by atomic mass is 10.1. The van der Waals surface area contributed by atoms with Crippen LogP contribution in [-0.2, 0) is 11.3 Å². The van der Waals surface area contributed by atoms with Gasteiger partial charge in [0.1, 0.15) is 6.04 Å². The van der Waals surface area contributed by atoms with Crippen LogP contribution in [0.3, 0.4) is 0 Å². The minimum atomic E-state index is -2.36. The molecule has 0 heterocycles. The molecule has 6 heteroatoms. The number of nitrogens with zero attached hydrogens (tertiary/aromatic N) is 2. The largest absolute Gasteiger partial charge is 0.760 e. The first-order valence-electron chi connectivity index (χ1n) is 3.16. The van der Waals surface area contributed by atoms with Gasteiger partial charge in [-0.2, -0.15) is 4.79 Å². The average molecular weight is 184 g/mol. The zero-order valence-electron chi connectivity index (χ0n) is 6.01. The molecule has 0 aromatic heterocycles. The summed E-state index contributed by atoms with van der Waals surface area (Å²) in [6.45, 7) is 0. The topological polar surface area (TPSA) is 88.6 Å². The highest BCUT2D eigenvalue weighted by Gasteiger charge is 2.19. The number of hydrogen-bond acceptors (Lipinski definition) is 2. The van der Waals surface area contributed by atoms with Crippen molar-refractivity contribution in [2.75, 3.05) is 0 Å². The lowest BCUT2D eigenvalue weighted by Crippen LogP contribution is -2.36. The summed E-state index contributed by atoms with van der Waals surface area (Å²) >= 11 is -2.36. The Morgan fingerprint density at radius 2 is 2.42 bits per heavy atom. The van der Waals surface area contributed by atoms with E-state index in [0.29, 0.717) is 0 Å². The van der Waals surface area contributed by atoms with Crippen molar-refractivity contribution < 1.29 is 13.6 Å². The van der Waals surface area contributed by atoms with E-state index in [9.17, 15) is 8.76 Å². The van der Waals surface area contributed by atoms with E-state index in [1.165, 1.54) is 6.08 Å². The van der Waals surface area contributed by atoms with E-state index < -0.39 is 17.3 Å². The van der Waals surface area contributed by atoms with Crippen LogP contribution in [0.5, 0.6) is 0 Å². The Morgan fingerprint density at radius 1 is 1.67 bits per heavy atom. The molecule has 0 spiro atoms. The highest BCUT2D eigenvalue weighted by atomic mass is 32.2. The predicted molar refractivity (Wildman–Crippen MR) is 42.7 cm³/mol. The molecule has 2 atom stereocenters. The maximum Gasteiger partial charge on any atom is 0.313 e. The minimum absolute atomic E-state index is 0.265. The van der Waals surface area contributed by atoms with Gasteiger partial charge in [-0.3, -0.25) is 4.21 Å². The lowest BCUT2D eigenvalue weighted by molar-refractivity contribution is -0.00707. The third-order valence-electron chi connectivity index (χ3n) is 1.34. The SMILES string of the molecule is [N-]=[N+]=C1C=CC=CC1NS(=O)[O-]. The first-order valence-corrected chi connectivity index (χ1v) is 4.24. The molecule has 1 N–H and O–H groups in total. The van der Waals surface area contributed by atoms with Crippen LogP contribution in [0.2, 0.25) is 0 Å². The molecule has 0 aromatic rings. The summed E-state index contributed by atoms with van der Waals surface area (Å²) in [5.74, 6) is 0. The van der Waals surface area contributed by atoms with Crippen molar-refractivity contribution in [3.63, 3.8) is 0 Å². The summed E-state index contributed by atoms with van der Waals surface area (Å²) in [6.07, 6.45) is 6.41. The van der Waals surface area contributed by atoms with Gasteiger partial charge in [-0.05, 0) is 0 Å². The molecule has 0 fully saturated rings. The number of allylic oxidation sites excluding steroid dienone is 2. The van der Waals surface area contributed by atoms with E-state index in [0.717, 1.165) is 0 Å². The van der Waals surface area contributed by atoms with E-state index in [-0.39, 0.29) is 5.71 Å². The van der Waals surface area contributed by atoms with Gasteiger partial charge in [-0.1, -0.05) is 18.2 Å². The van der Waals surface area contributed by atoms with E-state index in [4.69, 9.17) is 5.53 Å². The Labute approximate surface area is 71.8 Å². The summed E-state index contributed by atoms with van der Waals surface area (Å²) in [7, 11) is 0. The molecule has 0 radical (unpaired) electrons. The van der Waals surface area contributed by atoms with Gasteiger partial charge in [0.25, 0.3) is 0 Å². The van der Waals surface area contributed by atoms with Gasteiger partial charge in [0.2, 0.25) is 0 Å². The highest BCUT2D eigenvalue weighted by Crippen LogP contribution is 1.98. The third-order valence-corrected chi connectivity index (χ3v) is 1.79. The highest BCUT2D eigenvalue weighted by molar-refractivity contribution is 7.77. The van der Waals surface area contributed by atoms with Crippen molar-refractivity contribution >= 4 is 17.0 Å². The second-order valence-electron chi connectivity index (χ2n) is 2.10. The van der Waals surface area contributed by atoms with Crippen LogP contribution in [0.25, 0.3) is 5.53 Å². The standard InChI is InChI=1S/C6H7N3O2S/c7-8-5-3-1-2-4-6(5)9-12(10)11/h1-4,6,9H,(H,10,11)/p-1. The molecule has 5 nitrogen and oxygen atoms in total. The van der Waals surface area contributed by atoms with Gasteiger partial charge in [-0.25, -0.2) is 4.72 Å². The first-order chi connectivity index (χ1) is 5.74. The Morgan fingerprint density at radius 3 is 3.00 bits per heavy atom. The molecule has 1 aliphatic rings. The quantitative estimate of drug-likeness (QED) is 0.357. The van der Waals surface area contributed by atoms with E-state index in [2.05, 4.69) is 9.51 Å². The van der Waals surface area contributed by atoms with Crippen LogP contribution < -0.4 is 4.72 Å². The van der Waals surface area contributed by atoms with E-state index >= 15 is 0 Å². The van der Waals surface area contributed by atoms with Crippen molar-refractivity contribution in [3.05, 3.63) is 29.8 Å². The summed E-state index contributed by atoms with van der Waals surface area (Å²) in [6, 6.07) is -0.571. The predicted octanol–water partition coefficient (Wildman–Crippen LogP) is -0.464. The summed E-state index contributed by atoms with van der Waals surface area (Å²) in [5, 5.41) is 0. The van der Waals surface area contributed by atoms with E-state index in [1.54, 1.807) is 18.2 Å².